The van der Waals surface area contributed by atoms with Crippen LogP contribution in [0.3, 0.4) is 0 Å². The molecule has 0 saturated carbocycles. The van der Waals surface area contributed by atoms with Gasteiger partial charge >= 0.3 is 0 Å². The summed E-state index contributed by atoms with van der Waals surface area (Å²) in [6.07, 6.45) is 2.13. The first-order chi connectivity index (χ1) is 12.2. The molecule has 1 saturated heterocycles. The van der Waals surface area contributed by atoms with Crippen LogP contribution in [0.4, 0.5) is 4.39 Å². The van der Waals surface area contributed by atoms with Gasteiger partial charge in [0.1, 0.15) is 5.82 Å². The van der Waals surface area contributed by atoms with Crippen LogP contribution in [-0.4, -0.2) is 52.6 Å². The van der Waals surface area contributed by atoms with Crippen molar-refractivity contribution in [2.24, 2.45) is 4.99 Å². The van der Waals surface area contributed by atoms with Crippen molar-refractivity contribution in [3.8, 4) is 0 Å². The Morgan fingerprint density at radius 2 is 2.28 bits per heavy atom. The average Bonchev–Trinajstić information content (AvgIpc) is 3.13. The van der Waals surface area contributed by atoms with E-state index < -0.39 is 0 Å². The van der Waals surface area contributed by atoms with Gasteiger partial charge < -0.3 is 24.8 Å². The summed E-state index contributed by atoms with van der Waals surface area (Å²) in [4.78, 5) is 4.19. The summed E-state index contributed by atoms with van der Waals surface area (Å²) in [7, 11) is 3.28. The van der Waals surface area contributed by atoms with Crippen LogP contribution in [0.1, 0.15) is 24.0 Å². The molecular weight excluding hydrogens is 325 g/mol. The van der Waals surface area contributed by atoms with Crippen molar-refractivity contribution in [2.45, 2.75) is 32.1 Å². The summed E-state index contributed by atoms with van der Waals surface area (Å²) in [6.45, 7) is 3.81. The van der Waals surface area contributed by atoms with Gasteiger partial charge in [-0.1, -0.05) is 6.07 Å². The lowest BCUT2D eigenvalue weighted by atomic mass is 10.1. The highest BCUT2D eigenvalue weighted by atomic mass is 19.1. The number of nitrogens with one attached hydrogen (secondary N) is 2. The Balaban J connectivity index is 1.66. The number of aliphatic imine (C=N–C) groups is 1. The molecular formula is C18H28FN3O3. The highest BCUT2D eigenvalue weighted by molar-refractivity contribution is 5.79. The molecule has 1 atom stereocenters. The van der Waals surface area contributed by atoms with Crippen molar-refractivity contribution in [1.29, 1.82) is 0 Å². The Hall–Kier alpha value is -1.70. The molecule has 1 fully saturated rings. The fourth-order valence-corrected chi connectivity index (χ4v) is 2.58. The second-order valence-electron chi connectivity index (χ2n) is 5.92. The molecule has 140 valence electrons. The molecule has 2 rings (SSSR count). The number of ether oxygens (including phenoxy) is 3. The second kappa shape index (κ2) is 11.0. The van der Waals surface area contributed by atoms with Gasteiger partial charge in [0.2, 0.25) is 0 Å². The quantitative estimate of drug-likeness (QED) is 0.403. The third kappa shape index (κ3) is 6.97. The van der Waals surface area contributed by atoms with E-state index in [1.807, 2.05) is 0 Å². The van der Waals surface area contributed by atoms with Crippen LogP contribution in [0, 0.1) is 5.82 Å². The summed E-state index contributed by atoms with van der Waals surface area (Å²) in [5.41, 5.74) is 1.53. The Bertz CT molecular complexity index is 548. The molecule has 0 amide bonds. The normalized spacial score (nSPS) is 17.7. The zero-order valence-corrected chi connectivity index (χ0v) is 15.0. The lowest BCUT2D eigenvalue weighted by Gasteiger charge is -2.14. The van der Waals surface area contributed by atoms with E-state index in [0.29, 0.717) is 31.3 Å². The first kappa shape index (κ1) is 19.6. The number of benzene rings is 1. The second-order valence-corrected chi connectivity index (χ2v) is 5.92. The number of hydrogen-bond donors (Lipinski definition) is 2. The molecule has 0 radical (unpaired) electrons. The van der Waals surface area contributed by atoms with E-state index in [1.54, 1.807) is 26.3 Å². The van der Waals surface area contributed by atoms with Crippen molar-refractivity contribution in [3.05, 3.63) is 35.1 Å². The van der Waals surface area contributed by atoms with Gasteiger partial charge in [0.25, 0.3) is 0 Å². The monoisotopic (exact) mass is 353 g/mol. The van der Waals surface area contributed by atoms with Crippen molar-refractivity contribution < 1.29 is 18.6 Å². The van der Waals surface area contributed by atoms with Crippen LogP contribution in [0.25, 0.3) is 0 Å². The Kier molecular flexibility index (Phi) is 8.65. The zero-order chi connectivity index (χ0) is 17.9. The molecule has 0 bridgehead atoms. The number of rotatable bonds is 9. The fourth-order valence-electron chi connectivity index (χ4n) is 2.58. The molecule has 1 aromatic carbocycles. The predicted octanol–water partition coefficient (Wildman–Crippen LogP) is 1.83. The Morgan fingerprint density at radius 1 is 1.40 bits per heavy atom. The third-order valence-corrected chi connectivity index (χ3v) is 3.95. The predicted molar refractivity (Wildman–Crippen MR) is 95.1 cm³/mol. The number of nitrogens with zero attached hydrogens (tertiary/aromatic N) is 1. The minimum atomic E-state index is -0.249. The molecule has 25 heavy (non-hydrogen) atoms. The molecule has 0 aromatic heterocycles. The molecule has 2 N–H and O–H groups in total. The van der Waals surface area contributed by atoms with Crippen LogP contribution in [0.15, 0.2) is 23.2 Å². The maximum absolute atomic E-state index is 13.6. The third-order valence-electron chi connectivity index (χ3n) is 3.95. The minimum Gasteiger partial charge on any atom is -0.380 e. The largest absolute Gasteiger partial charge is 0.380 e. The number of guanidine groups is 1. The van der Waals surface area contributed by atoms with E-state index >= 15 is 0 Å². The van der Waals surface area contributed by atoms with Gasteiger partial charge in [-0.3, -0.25) is 4.99 Å². The Morgan fingerprint density at radius 3 is 3.00 bits per heavy atom. The van der Waals surface area contributed by atoms with Crippen molar-refractivity contribution in [3.63, 3.8) is 0 Å². The van der Waals surface area contributed by atoms with Crippen molar-refractivity contribution in [2.75, 3.05) is 40.5 Å². The summed E-state index contributed by atoms with van der Waals surface area (Å²) in [5.74, 6) is 0.461. The van der Waals surface area contributed by atoms with E-state index in [-0.39, 0.29) is 18.5 Å². The first-order valence-corrected chi connectivity index (χ1v) is 8.63. The van der Waals surface area contributed by atoms with E-state index in [2.05, 4.69) is 15.6 Å². The molecule has 6 nitrogen and oxygen atoms in total. The average molecular weight is 353 g/mol. The molecule has 1 aromatic rings. The zero-order valence-electron chi connectivity index (χ0n) is 15.0. The van der Waals surface area contributed by atoms with Gasteiger partial charge in [0, 0.05) is 46.0 Å². The van der Waals surface area contributed by atoms with Gasteiger partial charge in [-0.25, -0.2) is 4.39 Å². The first-order valence-electron chi connectivity index (χ1n) is 8.63. The highest BCUT2D eigenvalue weighted by Gasteiger charge is 2.15. The highest BCUT2D eigenvalue weighted by Crippen LogP contribution is 2.11. The molecule has 7 heteroatoms. The number of hydrogen-bond acceptors (Lipinski definition) is 4. The summed E-state index contributed by atoms with van der Waals surface area (Å²) in [6, 6.07) is 5.02. The van der Waals surface area contributed by atoms with Gasteiger partial charge in [0.15, 0.2) is 5.96 Å². The molecule has 1 aliphatic heterocycles. The molecule has 1 heterocycles. The lowest BCUT2D eigenvalue weighted by molar-refractivity contribution is 0.0420. The standard InChI is InChI=1S/C18H28FN3O3/c1-20-18(21-7-3-8-25-16-6-9-24-13-16)22-11-14-4-5-17(19)15(10-14)12-23-2/h4-5,10,16H,3,6-9,11-13H2,1-2H3,(H2,20,21,22). The maximum Gasteiger partial charge on any atom is 0.191 e. The number of halogens is 1. The van der Waals surface area contributed by atoms with Gasteiger partial charge in [-0.15, -0.1) is 0 Å². The van der Waals surface area contributed by atoms with E-state index in [4.69, 9.17) is 14.2 Å². The van der Waals surface area contributed by atoms with E-state index in [1.165, 1.54) is 6.07 Å². The minimum absolute atomic E-state index is 0.247. The lowest BCUT2D eigenvalue weighted by Crippen LogP contribution is -2.37. The van der Waals surface area contributed by atoms with Crippen LogP contribution in [-0.2, 0) is 27.4 Å². The van der Waals surface area contributed by atoms with E-state index in [9.17, 15) is 4.39 Å². The van der Waals surface area contributed by atoms with Crippen molar-refractivity contribution >= 4 is 5.96 Å². The number of methoxy groups -OCH3 is 1. The molecule has 1 unspecified atom stereocenters. The maximum atomic E-state index is 13.6. The fraction of sp³-hybridized carbons (Fsp3) is 0.611. The van der Waals surface area contributed by atoms with Crippen LogP contribution < -0.4 is 10.6 Å². The van der Waals surface area contributed by atoms with Crippen LogP contribution in [0.2, 0.25) is 0 Å². The van der Waals surface area contributed by atoms with E-state index in [0.717, 1.165) is 31.6 Å². The van der Waals surface area contributed by atoms with Crippen LogP contribution in [0.5, 0.6) is 0 Å². The molecule has 0 aliphatic carbocycles. The molecule has 0 spiro atoms. The summed E-state index contributed by atoms with van der Waals surface area (Å²) < 4.78 is 29.6. The van der Waals surface area contributed by atoms with Crippen LogP contribution >= 0.6 is 0 Å². The van der Waals surface area contributed by atoms with Crippen molar-refractivity contribution in [1.82, 2.24) is 10.6 Å². The summed E-state index contributed by atoms with van der Waals surface area (Å²) in [5, 5.41) is 6.47. The van der Waals surface area contributed by atoms with Gasteiger partial charge in [-0.2, -0.15) is 0 Å². The van der Waals surface area contributed by atoms with Gasteiger partial charge in [0.05, 0.1) is 19.3 Å². The topological polar surface area (TPSA) is 64.1 Å². The molecule has 1 aliphatic rings. The summed E-state index contributed by atoms with van der Waals surface area (Å²) >= 11 is 0. The SMILES string of the molecule is CN=C(NCCCOC1CCOC1)NCc1ccc(F)c(COC)c1. The van der Waals surface area contributed by atoms with Gasteiger partial charge in [-0.05, 0) is 30.5 Å². The smallest absolute Gasteiger partial charge is 0.191 e. The Labute approximate surface area is 148 Å².